The molecule has 1 aliphatic rings. The minimum Gasteiger partial charge on any atom is -0.389 e. The lowest BCUT2D eigenvalue weighted by Crippen LogP contribution is -2.65. The van der Waals surface area contributed by atoms with Gasteiger partial charge in [0.25, 0.3) is 0 Å². The molecule has 0 aromatic heterocycles. The number of rotatable bonds is 2. The van der Waals surface area contributed by atoms with Gasteiger partial charge in [0.15, 0.2) is 6.29 Å². The van der Waals surface area contributed by atoms with Crippen molar-refractivity contribution in [2.45, 2.75) is 44.4 Å². The van der Waals surface area contributed by atoms with Crippen molar-refractivity contribution in [3.63, 3.8) is 0 Å². The molecule has 2 unspecified atom stereocenters. The third kappa shape index (κ3) is 2.66. The van der Waals surface area contributed by atoms with E-state index in [4.69, 9.17) is 15.2 Å². The van der Waals surface area contributed by atoms with Crippen LogP contribution in [0.3, 0.4) is 0 Å². The number of carbonyl (C=O) groups is 1. The molecule has 0 radical (unpaired) electrons. The molecular formula is C9H18N2O4. The van der Waals surface area contributed by atoms with Crippen molar-refractivity contribution in [1.82, 2.24) is 5.32 Å². The lowest BCUT2D eigenvalue weighted by Gasteiger charge is -2.41. The van der Waals surface area contributed by atoms with Gasteiger partial charge in [-0.3, -0.25) is 4.79 Å². The molecule has 0 aliphatic carbocycles. The molecule has 0 aromatic carbocycles. The number of hydrogen-bond acceptors (Lipinski definition) is 5. The Bertz CT molecular complexity index is 234. The summed E-state index contributed by atoms with van der Waals surface area (Å²) in [6.45, 7) is 3.12. The van der Waals surface area contributed by atoms with Crippen LogP contribution in [0, 0.1) is 0 Å². The maximum atomic E-state index is 10.9. The Morgan fingerprint density at radius 2 is 2.20 bits per heavy atom. The van der Waals surface area contributed by atoms with Gasteiger partial charge in [-0.25, -0.2) is 0 Å². The topological polar surface area (TPSA) is 93.8 Å². The summed E-state index contributed by atoms with van der Waals surface area (Å²) in [5.41, 5.74) is 5.72. The van der Waals surface area contributed by atoms with Crippen LogP contribution in [0.1, 0.15) is 13.8 Å². The molecule has 4 N–H and O–H groups in total. The van der Waals surface area contributed by atoms with Crippen LogP contribution in [0.15, 0.2) is 0 Å². The number of ether oxygens (including phenoxy) is 2. The second-order valence-corrected chi connectivity index (χ2v) is 3.74. The van der Waals surface area contributed by atoms with E-state index in [9.17, 15) is 9.90 Å². The summed E-state index contributed by atoms with van der Waals surface area (Å²) in [6.07, 6.45) is -1.85. The molecule has 1 rings (SSSR count). The van der Waals surface area contributed by atoms with Gasteiger partial charge in [-0.1, -0.05) is 0 Å². The molecule has 1 aliphatic heterocycles. The predicted octanol–water partition coefficient (Wildman–Crippen LogP) is -1.43. The monoisotopic (exact) mass is 218 g/mol. The van der Waals surface area contributed by atoms with Gasteiger partial charge in [0.05, 0.1) is 18.2 Å². The zero-order valence-electron chi connectivity index (χ0n) is 9.14. The van der Waals surface area contributed by atoms with Crippen LogP contribution in [0.2, 0.25) is 0 Å². The van der Waals surface area contributed by atoms with E-state index in [1.54, 1.807) is 6.92 Å². The van der Waals surface area contributed by atoms with E-state index in [1.165, 1.54) is 14.0 Å². The first-order chi connectivity index (χ1) is 6.97. The summed E-state index contributed by atoms with van der Waals surface area (Å²) in [4.78, 5) is 10.9. The number of nitrogens with two attached hydrogens (primary N) is 1. The molecule has 88 valence electrons. The minimum atomic E-state index is -0.873. The van der Waals surface area contributed by atoms with E-state index in [1.807, 2.05) is 0 Å². The quantitative estimate of drug-likeness (QED) is 0.528. The Hall–Kier alpha value is -0.690. The highest BCUT2D eigenvalue weighted by atomic mass is 16.7. The molecule has 0 bridgehead atoms. The summed E-state index contributed by atoms with van der Waals surface area (Å²) in [5.74, 6) is -0.258. The van der Waals surface area contributed by atoms with Crippen molar-refractivity contribution in [2.24, 2.45) is 5.73 Å². The van der Waals surface area contributed by atoms with Crippen molar-refractivity contribution in [1.29, 1.82) is 0 Å². The molecule has 5 atom stereocenters. The van der Waals surface area contributed by atoms with Crippen LogP contribution in [0.4, 0.5) is 0 Å². The highest BCUT2D eigenvalue weighted by Crippen LogP contribution is 2.19. The second-order valence-electron chi connectivity index (χ2n) is 3.74. The normalized spacial score (nSPS) is 41.3. The Kier molecular flexibility index (Phi) is 4.04. The second kappa shape index (κ2) is 4.89. The number of aliphatic hydroxyl groups is 1. The molecule has 0 aromatic rings. The third-order valence-electron chi connectivity index (χ3n) is 2.55. The number of hydrogen-bond donors (Lipinski definition) is 3. The molecule has 6 heteroatoms. The number of nitrogens with one attached hydrogen (secondary N) is 1. The molecule has 1 saturated heterocycles. The van der Waals surface area contributed by atoms with Gasteiger partial charge in [-0.05, 0) is 6.92 Å². The van der Waals surface area contributed by atoms with Crippen LogP contribution >= 0.6 is 0 Å². The molecule has 1 fully saturated rings. The molecule has 0 spiro atoms. The molecule has 1 heterocycles. The van der Waals surface area contributed by atoms with Gasteiger partial charge >= 0.3 is 0 Å². The highest BCUT2D eigenvalue weighted by molar-refractivity contribution is 5.73. The highest BCUT2D eigenvalue weighted by Gasteiger charge is 2.42. The molecular weight excluding hydrogens is 200 g/mol. The number of amides is 1. The van der Waals surface area contributed by atoms with Crippen molar-refractivity contribution >= 4 is 5.91 Å². The largest absolute Gasteiger partial charge is 0.389 e. The zero-order chi connectivity index (χ0) is 11.6. The molecule has 15 heavy (non-hydrogen) atoms. The van der Waals surface area contributed by atoms with Crippen LogP contribution in [0.5, 0.6) is 0 Å². The van der Waals surface area contributed by atoms with Gasteiger partial charge in [-0.2, -0.15) is 0 Å². The summed E-state index contributed by atoms with van der Waals surface area (Å²) in [7, 11) is 1.45. The maximum Gasteiger partial charge on any atom is 0.217 e. The van der Waals surface area contributed by atoms with E-state index < -0.39 is 24.5 Å². The van der Waals surface area contributed by atoms with Crippen molar-refractivity contribution in [3.05, 3.63) is 0 Å². The van der Waals surface area contributed by atoms with E-state index in [-0.39, 0.29) is 12.0 Å². The Morgan fingerprint density at radius 1 is 1.60 bits per heavy atom. The summed E-state index contributed by atoms with van der Waals surface area (Å²) < 4.78 is 10.5. The molecule has 6 nitrogen and oxygen atoms in total. The van der Waals surface area contributed by atoms with Crippen molar-refractivity contribution < 1.29 is 19.4 Å². The van der Waals surface area contributed by atoms with Gasteiger partial charge in [0.2, 0.25) is 5.91 Å². The standard InChI is InChI=1S/C9H18N2O4/c1-4-6(10)8(13)7(11-5(2)12)9(14-3)15-4/h4,6-9,13H,10H2,1-3H3,(H,11,12)/t4?,6-,7-,8?,9+/m0/s1. The van der Waals surface area contributed by atoms with E-state index in [0.717, 1.165) is 0 Å². The van der Waals surface area contributed by atoms with Crippen molar-refractivity contribution in [2.75, 3.05) is 7.11 Å². The van der Waals surface area contributed by atoms with Gasteiger partial charge in [0, 0.05) is 14.0 Å². The minimum absolute atomic E-state index is 0.258. The fraction of sp³-hybridized carbons (Fsp3) is 0.889. The Balaban J connectivity index is 2.75. The maximum absolute atomic E-state index is 10.9. The average Bonchev–Trinajstić information content (AvgIpc) is 2.18. The van der Waals surface area contributed by atoms with Crippen LogP contribution in [-0.2, 0) is 14.3 Å². The molecule has 1 amide bonds. The van der Waals surface area contributed by atoms with Gasteiger partial charge < -0.3 is 25.6 Å². The predicted molar refractivity (Wildman–Crippen MR) is 52.9 cm³/mol. The Labute approximate surface area is 88.7 Å². The first-order valence-electron chi connectivity index (χ1n) is 4.86. The average molecular weight is 218 g/mol. The van der Waals surface area contributed by atoms with Crippen LogP contribution < -0.4 is 11.1 Å². The van der Waals surface area contributed by atoms with E-state index >= 15 is 0 Å². The van der Waals surface area contributed by atoms with Crippen molar-refractivity contribution in [3.8, 4) is 0 Å². The van der Waals surface area contributed by atoms with Gasteiger partial charge in [0.1, 0.15) is 6.04 Å². The zero-order valence-corrected chi connectivity index (χ0v) is 9.14. The van der Waals surface area contributed by atoms with E-state index in [0.29, 0.717) is 0 Å². The number of methoxy groups -OCH3 is 1. The summed E-state index contributed by atoms with van der Waals surface area (Å²) in [5, 5.41) is 12.4. The SMILES string of the molecule is CO[C@@H]1OC(C)[C@H](N)C(O)[C@@H]1NC(C)=O. The fourth-order valence-corrected chi connectivity index (χ4v) is 1.66. The first-order valence-corrected chi connectivity index (χ1v) is 4.86. The molecule has 0 saturated carbocycles. The summed E-state index contributed by atoms with van der Waals surface area (Å²) in [6, 6.07) is -1.16. The lowest BCUT2D eigenvalue weighted by atomic mass is 9.96. The third-order valence-corrected chi connectivity index (χ3v) is 2.55. The summed E-state index contributed by atoms with van der Waals surface area (Å²) >= 11 is 0. The number of carbonyl (C=O) groups excluding carboxylic acids is 1. The number of aliphatic hydroxyl groups excluding tert-OH is 1. The smallest absolute Gasteiger partial charge is 0.217 e. The van der Waals surface area contributed by atoms with Crippen LogP contribution in [-0.4, -0.2) is 48.7 Å². The first kappa shape index (κ1) is 12.4. The van der Waals surface area contributed by atoms with Crippen LogP contribution in [0.25, 0.3) is 0 Å². The Morgan fingerprint density at radius 3 is 2.67 bits per heavy atom. The van der Waals surface area contributed by atoms with E-state index in [2.05, 4.69) is 5.32 Å². The lowest BCUT2D eigenvalue weighted by molar-refractivity contribution is -0.222. The fourth-order valence-electron chi connectivity index (χ4n) is 1.66. The van der Waals surface area contributed by atoms with Gasteiger partial charge in [-0.15, -0.1) is 0 Å².